The van der Waals surface area contributed by atoms with E-state index in [9.17, 15) is 9.59 Å². The lowest BCUT2D eigenvalue weighted by atomic mass is 10.2. The molecule has 2 aromatic carbocycles. The first-order valence-corrected chi connectivity index (χ1v) is 7.42. The molecule has 21 heavy (non-hydrogen) atoms. The van der Waals surface area contributed by atoms with Crippen molar-refractivity contribution in [3.63, 3.8) is 0 Å². The summed E-state index contributed by atoms with van der Waals surface area (Å²) >= 11 is 1.44. The van der Waals surface area contributed by atoms with Gasteiger partial charge in [-0.3, -0.25) is 20.4 Å². The van der Waals surface area contributed by atoms with Crippen molar-refractivity contribution >= 4 is 23.6 Å². The third-order valence-corrected chi connectivity index (χ3v) is 3.87. The number of rotatable bonds is 4. The summed E-state index contributed by atoms with van der Waals surface area (Å²) in [7, 11) is 0. The molecule has 1 atom stereocenters. The van der Waals surface area contributed by atoms with Gasteiger partial charge in [-0.25, -0.2) is 0 Å². The topological polar surface area (TPSA) is 58.2 Å². The Morgan fingerprint density at radius 1 is 0.905 bits per heavy atom. The molecule has 2 aromatic rings. The Bertz CT molecular complexity index is 602. The molecule has 0 aliphatic rings. The second-order valence-corrected chi connectivity index (χ2v) is 5.80. The molecule has 0 radical (unpaired) electrons. The molecule has 2 rings (SSSR count). The fourth-order valence-corrected chi connectivity index (χ4v) is 2.53. The first kappa shape index (κ1) is 15.1. The smallest absolute Gasteiger partial charge is 0.269 e. The Balaban J connectivity index is 1.83. The van der Waals surface area contributed by atoms with Crippen LogP contribution in [0.4, 0.5) is 0 Å². The average Bonchev–Trinajstić information content (AvgIpc) is 2.54. The minimum Gasteiger partial charge on any atom is -0.272 e. The summed E-state index contributed by atoms with van der Waals surface area (Å²) in [5, 5.41) is -0.302. The van der Waals surface area contributed by atoms with Gasteiger partial charge in [-0.05, 0) is 31.2 Å². The quantitative estimate of drug-likeness (QED) is 0.674. The molecule has 2 amide bonds. The Morgan fingerprint density at radius 3 is 2.10 bits per heavy atom. The number of thioether (sulfide) groups is 1. The summed E-state index contributed by atoms with van der Waals surface area (Å²) in [5.41, 5.74) is 5.36. The van der Waals surface area contributed by atoms with Crippen LogP contribution in [-0.4, -0.2) is 17.1 Å². The van der Waals surface area contributed by atoms with Crippen LogP contribution in [0.5, 0.6) is 0 Å². The van der Waals surface area contributed by atoms with E-state index in [0.29, 0.717) is 5.56 Å². The largest absolute Gasteiger partial charge is 0.272 e. The lowest BCUT2D eigenvalue weighted by molar-refractivity contribution is -0.121. The van der Waals surface area contributed by atoms with Crippen LogP contribution in [0.3, 0.4) is 0 Å². The Kier molecular flexibility index (Phi) is 5.40. The summed E-state index contributed by atoms with van der Waals surface area (Å²) in [6, 6.07) is 18.4. The zero-order valence-electron chi connectivity index (χ0n) is 11.6. The van der Waals surface area contributed by atoms with Gasteiger partial charge in [0.25, 0.3) is 11.8 Å². The highest BCUT2D eigenvalue weighted by molar-refractivity contribution is 8.00. The maximum atomic E-state index is 11.9. The molecule has 2 N–H and O–H groups in total. The van der Waals surface area contributed by atoms with E-state index in [0.717, 1.165) is 4.90 Å². The monoisotopic (exact) mass is 300 g/mol. The van der Waals surface area contributed by atoms with E-state index < -0.39 is 0 Å². The number of nitrogens with one attached hydrogen (secondary N) is 2. The Hall–Kier alpha value is -2.27. The van der Waals surface area contributed by atoms with E-state index in [4.69, 9.17) is 0 Å². The van der Waals surface area contributed by atoms with E-state index in [1.165, 1.54) is 11.8 Å². The Morgan fingerprint density at radius 2 is 1.48 bits per heavy atom. The van der Waals surface area contributed by atoms with Crippen LogP contribution >= 0.6 is 11.8 Å². The van der Waals surface area contributed by atoms with E-state index >= 15 is 0 Å². The molecule has 108 valence electrons. The number of hydrazine groups is 1. The molecule has 0 bridgehead atoms. The number of carbonyl (C=O) groups excluding carboxylic acids is 2. The molecule has 0 saturated carbocycles. The van der Waals surface area contributed by atoms with Crippen LogP contribution < -0.4 is 10.9 Å². The zero-order valence-corrected chi connectivity index (χ0v) is 12.4. The van der Waals surface area contributed by atoms with Gasteiger partial charge < -0.3 is 0 Å². The summed E-state index contributed by atoms with van der Waals surface area (Å²) in [6.45, 7) is 1.79. The molecule has 0 fully saturated rings. The van der Waals surface area contributed by atoms with Gasteiger partial charge in [0.2, 0.25) is 0 Å². The van der Waals surface area contributed by atoms with Crippen LogP contribution in [0.15, 0.2) is 65.6 Å². The zero-order chi connectivity index (χ0) is 15.1. The number of hydrogen-bond donors (Lipinski definition) is 2. The van der Waals surface area contributed by atoms with Gasteiger partial charge in [-0.1, -0.05) is 36.4 Å². The maximum Gasteiger partial charge on any atom is 0.269 e. The van der Waals surface area contributed by atoms with Gasteiger partial charge in [-0.2, -0.15) is 0 Å². The minimum absolute atomic E-state index is 0.242. The molecule has 4 nitrogen and oxygen atoms in total. The summed E-state index contributed by atoms with van der Waals surface area (Å²) in [5.74, 6) is -0.575. The number of amides is 2. The van der Waals surface area contributed by atoms with Crippen molar-refractivity contribution in [3.05, 3.63) is 66.2 Å². The molecule has 5 heteroatoms. The molecule has 0 aliphatic carbocycles. The fourth-order valence-electron chi connectivity index (χ4n) is 1.64. The second kappa shape index (κ2) is 7.50. The summed E-state index contributed by atoms with van der Waals surface area (Å²) < 4.78 is 0. The Labute approximate surface area is 127 Å². The third kappa shape index (κ3) is 4.65. The predicted octanol–water partition coefficient (Wildman–Crippen LogP) is 2.63. The standard InChI is InChI=1S/C16H16N2O2S/c1-12(21-14-10-6-3-7-11-14)15(19)17-18-16(20)13-8-4-2-5-9-13/h2-12H,1H3,(H,17,19)(H,18,20). The third-order valence-electron chi connectivity index (χ3n) is 2.76. The van der Waals surface area contributed by atoms with E-state index in [1.54, 1.807) is 31.2 Å². The molecule has 1 unspecified atom stereocenters. The SMILES string of the molecule is CC(Sc1ccccc1)C(=O)NNC(=O)c1ccccc1. The fraction of sp³-hybridized carbons (Fsp3) is 0.125. The predicted molar refractivity (Wildman–Crippen MR) is 83.8 cm³/mol. The first-order valence-electron chi connectivity index (χ1n) is 6.54. The highest BCUT2D eigenvalue weighted by Crippen LogP contribution is 2.22. The van der Waals surface area contributed by atoms with Crippen LogP contribution in [0.25, 0.3) is 0 Å². The van der Waals surface area contributed by atoms with Crippen LogP contribution in [0, 0.1) is 0 Å². The van der Waals surface area contributed by atoms with Crippen molar-refractivity contribution in [2.24, 2.45) is 0 Å². The van der Waals surface area contributed by atoms with Crippen molar-refractivity contribution in [1.29, 1.82) is 0 Å². The second-order valence-electron chi connectivity index (χ2n) is 4.38. The molecule has 0 saturated heterocycles. The average molecular weight is 300 g/mol. The molecule has 0 heterocycles. The van der Waals surface area contributed by atoms with Crippen molar-refractivity contribution in [2.45, 2.75) is 17.1 Å². The van der Waals surface area contributed by atoms with E-state index in [1.807, 2.05) is 36.4 Å². The van der Waals surface area contributed by atoms with Crippen molar-refractivity contribution < 1.29 is 9.59 Å². The summed E-state index contributed by atoms with van der Waals surface area (Å²) in [6.07, 6.45) is 0. The number of carbonyl (C=O) groups is 2. The van der Waals surface area contributed by atoms with Gasteiger partial charge >= 0.3 is 0 Å². The van der Waals surface area contributed by atoms with Gasteiger partial charge in [-0.15, -0.1) is 11.8 Å². The highest BCUT2D eigenvalue weighted by atomic mass is 32.2. The van der Waals surface area contributed by atoms with Crippen molar-refractivity contribution in [3.8, 4) is 0 Å². The van der Waals surface area contributed by atoms with Gasteiger partial charge in [0, 0.05) is 10.5 Å². The normalized spacial score (nSPS) is 11.5. The van der Waals surface area contributed by atoms with Crippen molar-refractivity contribution in [2.75, 3.05) is 0 Å². The lowest BCUT2D eigenvalue weighted by Crippen LogP contribution is -2.44. The summed E-state index contributed by atoms with van der Waals surface area (Å²) in [4.78, 5) is 24.7. The van der Waals surface area contributed by atoms with Crippen LogP contribution in [0.1, 0.15) is 17.3 Å². The number of benzene rings is 2. The highest BCUT2D eigenvalue weighted by Gasteiger charge is 2.15. The molecular weight excluding hydrogens is 284 g/mol. The van der Waals surface area contributed by atoms with Gasteiger partial charge in [0.1, 0.15) is 0 Å². The molecule has 0 aliphatic heterocycles. The van der Waals surface area contributed by atoms with Gasteiger partial charge in [0.15, 0.2) is 0 Å². The lowest BCUT2D eigenvalue weighted by Gasteiger charge is -2.12. The number of hydrogen-bond acceptors (Lipinski definition) is 3. The molecular formula is C16H16N2O2S. The van der Waals surface area contributed by atoms with Gasteiger partial charge in [0.05, 0.1) is 5.25 Å². The van der Waals surface area contributed by atoms with E-state index in [2.05, 4.69) is 10.9 Å². The molecule has 0 spiro atoms. The van der Waals surface area contributed by atoms with Crippen LogP contribution in [0.2, 0.25) is 0 Å². The maximum absolute atomic E-state index is 11.9. The van der Waals surface area contributed by atoms with Crippen LogP contribution in [-0.2, 0) is 4.79 Å². The first-order chi connectivity index (χ1) is 10.2. The van der Waals surface area contributed by atoms with Crippen molar-refractivity contribution in [1.82, 2.24) is 10.9 Å². The molecule has 0 aromatic heterocycles. The van der Waals surface area contributed by atoms with E-state index in [-0.39, 0.29) is 17.1 Å². The minimum atomic E-state index is -0.333.